The third kappa shape index (κ3) is 1.81. The summed E-state index contributed by atoms with van der Waals surface area (Å²) < 4.78 is 1.95. The molecule has 0 bridgehead atoms. The summed E-state index contributed by atoms with van der Waals surface area (Å²) in [5, 5.41) is 4.31. The van der Waals surface area contributed by atoms with E-state index in [4.69, 9.17) is 0 Å². The van der Waals surface area contributed by atoms with Crippen molar-refractivity contribution in [3.05, 3.63) is 11.6 Å². The van der Waals surface area contributed by atoms with Gasteiger partial charge in [-0.3, -0.25) is 4.68 Å². The first-order valence-electron chi connectivity index (χ1n) is 5.54. The van der Waals surface area contributed by atoms with Crippen LogP contribution in [0.4, 0.5) is 0 Å². The molecule has 1 fully saturated rings. The van der Waals surface area contributed by atoms with Gasteiger partial charge in [0.25, 0.3) is 0 Å². The molecule has 0 amide bonds. The van der Waals surface area contributed by atoms with Crippen molar-refractivity contribution >= 4 is 0 Å². The van der Waals surface area contributed by atoms with E-state index in [0.717, 1.165) is 11.7 Å². The van der Waals surface area contributed by atoms with E-state index in [9.17, 15) is 0 Å². The van der Waals surface area contributed by atoms with Gasteiger partial charge in [0.2, 0.25) is 0 Å². The first kappa shape index (κ1) is 9.69. The molecular formula is C11H19N3. The second-order valence-electron chi connectivity index (χ2n) is 4.60. The van der Waals surface area contributed by atoms with E-state index in [-0.39, 0.29) is 0 Å². The first-order valence-corrected chi connectivity index (χ1v) is 5.54. The van der Waals surface area contributed by atoms with Crippen molar-refractivity contribution in [2.45, 2.75) is 45.4 Å². The quantitative estimate of drug-likeness (QED) is 0.685. The Morgan fingerprint density at radius 3 is 2.36 bits per heavy atom. The molecule has 0 spiro atoms. The molecule has 1 aliphatic carbocycles. The van der Waals surface area contributed by atoms with Crippen molar-refractivity contribution in [3.63, 3.8) is 0 Å². The number of aromatic nitrogens is 3. The molecule has 0 aromatic carbocycles. The fourth-order valence-electron chi connectivity index (χ4n) is 2.40. The lowest BCUT2D eigenvalue weighted by Crippen LogP contribution is -2.14. The van der Waals surface area contributed by atoms with E-state index in [1.807, 2.05) is 18.7 Å². The molecule has 3 heteroatoms. The molecule has 0 radical (unpaired) electrons. The Hall–Kier alpha value is -0.860. The molecule has 78 valence electrons. The SMILES string of the molecule is Cc1nc(C2CCC(C)CC2)n(C)n1. The van der Waals surface area contributed by atoms with E-state index in [1.165, 1.54) is 31.5 Å². The van der Waals surface area contributed by atoms with Crippen LogP contribution >= 0.6 is 0 Å². The number of hydrogen-bond donors (Lipinski definition) is 0. The van der Waals surface area contributed by atoms with Crippen molar-refractivity contribution < 1.29 is 0 Å². The lowest BCUT2D eigenvalue weighted by Gasteiger charge is -2.25. The van der Waals surface area contributed by atoms with Crippen LogP contribution in [0.3, 0.4) is 0 Å². The Morgan fingerprint density at radius 2 is 1.86 bits per heavy atom. The highest BCUT2D eigenvalue weighted by Crippen LogP contribution is 2.34. The van der Waals surface area contributed by atoms with Crippen LogP contribution in [0.5, 0.6) is 0 Å². The third-order valence-corrected chi connectivity index (χ3v) is 3.28. The summed E-state index contributed by atoms with van der Waals surface area (Å²) in [6.07, 6.45) is 5.26. The second-order valence-corrected chi connectivity index (χ2v) is 4.60. The van der Waals surface area contributed by atoms with Gasteiger partial charge < -0.3 is 0 Å². The van der Waals surface area contributed by atoms with Gasteiger partial charge in [0, 0.05) is 13.0 Å². The summed E-state index contributed by atoms with van der Waals surface area (Å²) in [5.74, 6) is 3.65. The largest absolute Gasteiger partial charge is 0.253 e. The zero-order valence-electron chi connectivity index (χ0n) is 9.32. The molecule has 1 aliphatic rings. The highest BCUT2D eigenvalue weighted by Gasteiger charge is 2.23. The van der Waals surface area contributed by atoms with Crippen LogP contribution in [-0.4, -0.2) is 14.8 Å². The minimum Gasteiger partial charge on any atom is -0.253 e. The Morgan fingerprint density at radius 1 is 1.21 bits per heavy atom. The zero-order valence-corrected chi connectivity index (χ0v) is 9.32. The van der Waals surface area contributed by atoms with Gasteiger partial charge in [-0.2, -0.15) is 5.10 Å². The van der Waals surface area contributed by atoms with Gasteiger partial charge in [0.1, 0.15) is 11.6 Å². The highest BCUT2D eigenvalue weighted by molar-refractivity contribution is 5.00. The predicted molar refractivity (Wildman–Crippen MR) is 56.1 cm³/mol. The van der Waals surface area contributed by atoms with Crippen LogP contribution in [0.2, 0.25) is 0 Å². The van der Waals surface area contributed by atoms with Crippen LogP contribution in [0, 0.1) is 12.8 Å². The molecule has 0 unspecified atom stereocenters. The maximum absolute atomic E-state index is 4.51. The number of nitrogens with zero attached hydrogens (tertiary/aromatic N) is 3. The van der Waals surface area contributed by atoms with E-state index in [2.05, 4.69) is 17.0 Å². The fraction of sp³-hybridized carbons (Fsp3) is 0.818. The summed E-state index contributed by atoms with van der Waals surface area (Å²) in [5.41, 5.74) is 0. The number of rotatable bonds is 1. The molecule has 14 heavy (non-hydrogen) atoms. The zero-order chi connectivity index (χ0) is 10.1. The first-order chi connectivity index (χ1) is 6.66. The molecule has 0 saturated heterocycles. The summed E-state index contributed by atoms with van der Waals surface area (Å²) in [6, 6.07) is 0. The summed E-state index contributed by atoms with van der Waals surface area (Å²) >= 11 is 0. The predicted octanol–water partition coefficient (Wildman–Crippen LogP) is 2.42. The molecule has 3 nitrogen and oxygen atoms in total. The maximum Gasteiger partial charge on any atom is 0.147 e. The maximum atomic E-state index is 4.51. The normalized spacial score (nSPS) is 27.9. The molecule has 0 atom stereocenters. The standard InChI is InChI=1S/C11H19N3/c1-8-4-6-10(7-5-8)11-12-9(2)13-14(11)3/h8,10H,4-7H2,1-3H3. The minimum absolute atomic E-state index is 0.650. The molecular weight excluding hydrogens is 174 g/mol. The van der Waals surface area contributed by atoms with Crippen LogP contribution in [0.1, 0.15) is 50.2 Å². The Kier molecular flexibility index (Phi) is 2.57. The average molecular weight is 193 g/mol. The smallest absolute Gasteiger partial charge is 0.147 e. The van der Waals surface area contributed by atoms with Crippen molar-refractivity contribution in [1.29, 1.82) is 0 Å². The van der Waals surface area contributed by atoms with Gasteiger partial charge >= 0.3 is 0 Å². The van der Waals surface area contributed by atoms with Crippen molar-refractivity contribution in [3.8, 4) is 0 Å². The molecule has 1 heterocycles. The summed E-state index contributed by atoms with van der Waals surface area (Å²) in [7, 11) is 2.01. The molecule has 1 aromatic heterocycles. The second kappa shape index (κ2) is 3.71. The Bertz CT molecular complexity index is 308. The van der Waals surface area contributed by atoms with Gasteiger partial charge in [-0.05, 0) is 25.7 Å². The topological polar surface area (TPSA) is 30.7 Å². The van der Waals surface area contributed by atoms with Gasteiger partial charge in [0.05, 0.1) is 0 Å². The molecule has 1 aromatic rings. The summed E-state index contributed by atoms with van der Waals surface area (Å²) in [6.45, 7) is 4.31. The molecule has 2 rings (SSSR count). The molecule has 1 saturated carbocycles. The number of hydrogen-bond acceptors (Lipinski definition) is 2. The van der Waals surface area contributed by atoms with Gasteiger partial charge in [-0.15, -0.1) is 0 Å². The van der Waals surface area contributed by atoms with Gasteiger partial charge in [-0.25, -0.2) is 4.98 Å². The number of aryl methyl sites for hydroxylation is 2. The van der Waals surface area contributed by atoms with Crippen molar-refractivity contribution in [2.24, 2.45) is 13.0 Å². The van der Waals surface area contributed by atoms with E-state index in [0.29, 0.717) is 5.92 Å². The van der Waals surface area contributed by atoms with Crippen LogP contribution in [0.25, 0.3) is 0 Å². The van der Waals surface area contributed by atoms with E-state index < -0.39 is 0 Å². The minimum atomic E-state index is 0.650. The van der Waals surface area contributed by atoms with Crippen LogP contribution in [0.15, 0.2) is 0 Å². The summed E-state index contributed by atoms with van der Waals surface area (Å²) in [4.78, 5) is 4.51. The fourth-order valence-corrected chi connectivity index (χ4v) is 2.40. The molecule has 0 N–H and O–H groups in total. The van der Waals surface area contributed by atoms with Gasteiger partial charge in [-0.1, -0.05) is 19.8 Å². The third-order valence-electron chi connectivity index (χ3n) is 3.28. The van der Waals surface area contributed by atoms with Crippen LogP contribution < -0.4 is 0 Å². The van der Waals surface area contributed by atoms with E-state index >= 15 is 0 Å². The lowest BCUT2D eigenvalue weighted by molar-refractivity contribution is 0.334. The van der Waals surface area contributed by atoms with Crippen molar-refractivity contribution in [1.82, 2.24) is 14.8 Å². The Labute approximate surface area is 85.5 Å². The Balaban J connectivity index is 2.11. The highest BCUT2D eigenvalue weighted by atomic mass is 15.3. The van der Waals surface area contributed by atoms with Crippen molar-refractivity contribution in [2.75, 3.05) is 0 Å². The molecule has 0 aliphatic heterocycles. The van der Waals surface area contributed by atoms with Gasteiger partial charge in [0.15, 0.2) is 0 Å². The van der Waals surface area contributed by atoms with E-state index in [1.54, 1.807) is 0 Å². The average Bonchev–Trinajstić information content (AvgIpc) is 2.47. The van der Waals surface area contributed by atoms with Crippen LogP contribution in [-0.2, 0) is 7.05 Å². The monoisotopic (exact) mass is 193 g/mol. The lowest BCUT2D eigenvalue weighted by atomic mass is 9.82.